The summed E-state index contributed by atoms with van der Waals surface area (Å²) in [6.45, 7) is 0. The topological polar surface area (TPSA) is 90.9 Å². The van der Waals surface area contributed by atoms with E-state index >= 15 is 0 Å². The predicted octanol–water partition coefficient (Wildman–Crippen LogP) is 4.54. The van der Waals surface area contributed by atoms with E-state index in [0.717, 1.165) is 16.8 Å². The second kappa shape index (κ2) is 6.95. The molecule has 2 aromatic carbocycles. The summed E-state index contributed by atoms with van der Waals surface area (Å²) < 4.78 is 7.88. The number of Topliss-reactive ketones (excluding diaryl/α,β-unsaturated/α-hetero) is 2. The van der Waals surface area contributed by atoms with E-state index in [4.69, 9.17) is 4.42 Å². The number of fused-ring (bicyclic) bond motifs is 2. The van der Waals surface area contributed by atoms with Crippen LogP contribution in [-0.2, 0) is 0 Å². The van der Waals surface area contributed by atoms with Crippen molar-refractivity contribution >= 4 is 28.9 Å². The number of hydrogen-bond donors (Lipinski definition) is 0. The number of benzene rings is 2. The lowest BCUT2D eigenvalue weighted by Crippen LogP contribution is -2.04. The summed E-state index contributed by atoms with van der Waals surface area (Å²) in [5, 5.41) is 0. The molecule has 0 fully saturated rings. The molecule has 0 atom stereocenters. The Kier molecular flexibility index (Phi) is 3.94. The van der Waals surface area contributed by atoms with Crippen molar-refractivity contribution < 1.29 is 14.0 Å². The molecule has 3 heterocycles. The predicted molar refractivity (Wildman–Crippen MR) is 117 cm³/mol. The van der Waals surface area contributed by atoms with Crippen LogP contribution in [0, 0.1) is 0 Å². The molecule has 0 bridgehead atoms. The number of allylic oxidation sites excluding steroid dienone is 1. The van der Waals surface area contributed by atoms with Gasteiger partial charge in [0.1, 0.15) is 28.5 Å². The summed E-state index contributed by atoms with van der Waals surface area (Å²) in [5.74, 6) is 0.180. The van der Waals surface area contributed by atoms with Crippen molar-refractivity contribution in [2.45, 2.75) is 0 Å². The summed E-state index contributed by atoms with van der Waals surface area (Å²) in [6.07, 6.45) is 4.28. The Hall–Kier alpha value is -4.65. The number of nitrogens with zero attached hydrogens (tertiary/aromatic N) is 4. The van der Waals surface area contributed by atoms with Crippen LogP contribution in [0.1, 0.15) is 26.8 Å². The molecule has 32 heavy (non-hydrogen) atoms. The van der Waals surface area contributed by atoms with Gasteiger partial charge in [0.05, 0.1) is 5.57 Å². The van der Waals surface area contributed by atoms with Gasteiger partial charge in [-0.05, 0) is 18.2 Å². The highest BCUT2D eigenvalue weighted by Gasteiger charge is 2.36. The van der Waals surface area contributed by atoms with E-state index in [0.29, 0.717) is 17.3 Å². The highest BCUT2D eigenvalue weighted by atomic mass is 16.3. The molecule has 0 N–H and O–H groups in total. The van der Waals surface area contributed by atoms with Crippen molar-refractivity contribution in [3.8, 4) is 17.0 Å². The van der Waals surface area contributed by atoms with Crippen LogP contribution in [0.2, 0.25) is 0 Å². The Labute approximate surface area is 181 Å². The highest BCUT2D eigenvalue weighted by molar-refractivity contribution is 6.40. The minimum absolute atomic E-state index is 0.0145. The minimum atomic E-state index is -0.456. The van der Waals surface area contributed by atoms with Crippen molar-refractivity contribution in [1.82, 2.24) is 19.5 Å². The normalized spacial score (nSPS) is 13.1. The van der Waals surface area contributed by atoms with E-state index in [-0.39, 0.29) is 17.0 Å². The fourth-order valence-corrected chi connectivity index (χ4v) is 3.87. The Morgan fingerprint density at radius 1 is 0.812 bits per heavy atom. The van der Waals surface area contributed by atoms with E-state index in [2.05, 4.69) is 15.0 Å². The Balaban J connectivity index is 1.55. The van der Waals surface area contributed by atoms with E-state index in [9.17, 15) is 9.59 Å². The first-order valence-electron chi connectivity index (χ1n) is 9.96. The van der Waals surface area contributed by atoms with Gasteiger partial charge in [0.2, 0.25) is 17.3 Å². The lowest BCUT2D eigenvalue weighted by molar-refractivity contribution is 0.0988. The Bertz CT molecular complexity index is 1510. The number of rotatable bonds is 3. The molecular weight excluding hydrogens is 404 g/mol. The molecule has 7 heteroatoms. The summed E-state index contributed by atoms with van der Waals surface area (Å²) in [6, 6.07) is 21.2. The molecular formula is C25H14N4O3. The van der Waals surface area contributed by atoms with Gasteiger partial charge in [0.25, 0.3) is 0 Å². The second-order valence-electron chi connectivity index (χ2n) is 7.28. The average Bonchev–Trinajstić information content (AvgIpc) is 3.47. The largest absolute Gasteiger partial charge is 0.436 e. The maximum Gasteiger partial charge on any atom is 0.246 e. The van der Waals surface area contributed by atoms with Crippen LogP contribution < -0.4 is 0 Å². The molecule has 0 saturated carbocycles. The quantitative estimate of drug-likeness (QED) is 0.316. The van der Waals surface area contributed by atoms with Gasteiger partial charge in [-0.2, -0.15) is 4.98 Å². The Morgan fingerprint density at radius 3 is 2.09 bits per heavy atom. The monoisotopic (exact) mass is 418 g/mol. The molecule has 0 saturated heterocycles. The van der Waals surface area contributed by atoms with Gasteiger partial charge < -0.3 is 4.42 Å². The summed E-state index contributed by atoms with van der Waals surface area (Å²) in [5.41, 5.74) is 3.01. The van der Waals surface area contributed by atoms with Crippen LogP contribution in [0.25, 0.3) is 34.3 Å². The third-order valence-corrected chi connectivity index (χ3v) is 5.34. The van der Waals surface area contributed by atoms with Crippen LogP contribution >= 0.6 is 0 Å². The maximum absolute atomic E-state index is 12.8. The first-order chi connectivity index (χ1) is 15.7. The SMILES string of the molecule is O=C1C(=Cc2nc3oc(-c4ccccc4)cc3n2-c2ccccc2)C(=O)c2nccnc21. The zero-order valence-electron chi connectivity index (χ0n) is 16.6. The van der Waals surface area contributed by atoms with Crippen LogP contribution in [0.4, 0.5) is 0 Å². The van der Waals surface area contributed by atoms with Crippen molar-refractivity contribution in [2.75, 3.05) is 0 Å². The molecule has 6 rings (SSSR count). The van der Waals surface area contributed by atoms with E-state index < -0.39 is 11.6 Å². The van der Waals surface area contributed by atoms with E-state index in [1.54, 1.807) is 0 Å². The maximum atomic E-state index is 12.8. The fraction of sp³-hybridized carbons (Fsp3) is 0. The van der Waals surface area contributed by atoms with Crippen molar-refractivity contribution in [3.05, 3.63) is 102 Å². The summed E-state index contributed by atoms with van der Waals surface area (Å²) in [7, 11) is 0. The Morgan fingerprint density at radius 2 is 1.44 bits per heavy atom. The van der Waals surface area contributed by atoms with Crippen LogP contribution in [-0.4, -0.2) is 31.1 Å². The molecule has 3 aromatic heterocycles. The lowest BCUT2D eigenvalue weighted by atomic mass is 10.1. The van der Waals surface area contributed by atoms with Crippen molar-refractivity contribution in [3.63, 3.8) is 0 Å². The van der Waals surface area contributed by atoms with Gasteiger partial charge in [0, 0.05) is 29.7 Å². The van der Waals surface area contributed by atoms with Crippen LogP contribution in [0.3, 0.4) is 0 Å². The van der Waals surface area contributed by atoms with Gasteiger partial charge in [-0.1, -0.05) is 48.5 Å². The third kappa shape index (κ3) is 2.72. The molecule has 0 amide bonds. The zero-order valence-corrected chi connectivity index (χ0v) is 16.6. The highest BCUT2D eigenvalue weighted by Crippen LogP contribution is 2.32. The number of carbonyl (C=O) groups excluding carboxylic acids is 2. The second-order valence-corrected chi connectivity index (χ2v) is 7.28. The number of imidazole rings is 1. The van der Waals surface area contributed by atoms with E-state index in [1.807, 2.05) is 71.3 Å². The molecule has 1 aliphatic carbocycles. The summed E-state index contributed by atoms with van der Waals surface area (Å²) >= 11 is 0. The summed E-state index contributed by atoms with van der Waals surface area (Å²) in [4.78, 5) is 38.2. The molecule has 1 aliphatic rings. The van der Waals surface area contributed by atoms with Crippen LogP contribution in [0.15, 0.2) is 89.1 Å². The average molecular weight is 418 g/mol. The number of para-hydroxylation sites is 1. The van der Waals surface area contributed by atoms with Gasteiger partial charge in [-0.3, -0.25) is 14.2 Å². The van der Waals surface area contributed by atoms with Gasteiger partial charge in [-0.15, -0.1) is 0 Å². The zero-order chi connectivity index (χ0) is 21.7. The van der Waals surface area contributed by atoms with Gasteiger partial charge in [-0.25, -0.2) is 9.97 Å². The molecule has 5 aromatic rings. The standard InChI is InChI=1S/C25H14N4O3/c30-23-17(24(31)22-21(23)26-11-12-27-22)13-20-28-25-18(29(20)16-9-5-2-6-10-16)14-19(32-25)15-7-3-1-4-8-15/h1-14H. The first kappa shape index (κ1) is 18.1. The number of aromatic nitrogens is 4. The van der Waals surface area contributed by atoms with E-state index in [1.165, 1.54) is 18.5 Å². The third-order valence-electron chi connectivity index (χ3n) is 5.34. The number of furan rings is 1. The van der Waals surface area contributed by atoms with Gasteiger partial charge in [0.15, 0.2) is 0 Å². The number of carbonyl (C=O) groups is 2. The van der Waals surface area contributed by atoms with Crippen molar-refractivity contribution in [1.29, 1.82) is 0 Å². The lowest BCUT2D eigenvalue weighted by Gasteiger charge is -2.06. The first-order valence-corrected chi connectivity index (χ1v) is 9.96. The molecule has 0 spiro atoms. The molecule has 152 valence electrons. The van der Waals surface area contributed by atoms with Gasteiger partial charge >= 0.3 is 0 Å². The minimum Gasteiger partial charge on any atom is -0.436 e. The molecule has 0 radical (unpaired) electrons. The van der Waals surface area contributed by atoms with Crippen molar-refractivity contribution in [2.24, 2.45) is 0 Å². The number of hydrogen-bond acceptors (Lipinski definition) is 6. The molecule has 0 aliphatic heterocycles. The van der Waals surface area contributed by atoms with Crippen LogP contribution in [0.5, 0.6) is 0 Å². The fourth-order valence-electron chi connectivity index (χ4n) is 3.87. The molecule has 0 unspecified atom stereocenters. The smallest absolute Gasteiger partial charge is 0.246 e. The molecule has 7 nitrogen and oxygen atoms in total. The number of ketones is 2.